The van der Waals surface area contributed by atoms with Gasteiger partial charge in [0.2, 0.25) is 5.91 Å². The number of rotatable bonds is 6. The predicted octanol–water partition coefficient (Wildman–Crippen LogP) is 1.89. The first kappa shape index (κ1) is 13.0. The largest absolute Gasteiger partial charge is 0.353 e. The van der Waals surface area contributed by atoms with Gasteiger partial charge in [-0.05, 0) is 37.0 Å². The Morgan fingerprint density at radius 2 is 2.22 bits per heavy atom. The Morgan fingerprint density at radius 1 is 1.44 bits per heavy atom. The highest BCUT2D eigenvalue weighted by Crippen LogP contribution is 2.18. The molecule has 1 fully saturated rings. The lowest BCUT2D eigenvalue weighted by molar-refractivity contribution is -0.121. The van der Waals surface area contributed by atoms with Crippen molar-refractivity contribution in [2.24, 2.45) is 0 Å². The minimum Gasteiger partial charge on any atom is -0.353 e. The first-order valence-corrected chi connectivity index (χ1v) is 6.40. The van der Waals surface area contributed by atoms with E-state index in [0.29, 0.717) is 31.1 Å². The summed E-state index contributed by atoms with van der Waals surface area (Å²) in [5, 5.41) is 6.08. The van der Waals surface area contributed by atoms with Crippen LogP contribution in [0, 0.1) is 12.7 Å². The number of carbonyl (C=O) groups is 1. The Balaban J connectivity index is 1.64. The molecule has 0 radical (unpaired) electrons. The molecule has 0 unspecified atom stereocenters. The van der Waals surface area contributed by atoms with Crippen molar-refractivity contribution >= 4 is 5.91 Å². The molecule has 1 saturated carbocycles. The Bertz CT molecular complexity index is 430. The average molecular weight is 250 g/mol. The molecule has 1 aromatic carbocycles. The van der Waals surface area contributed by atoms with Crippen molar-refractivity contribution < 1.29 is 9.18 Å². The van der Waals surface area contributed by atoms with E-state index in [0.717, 1.165) is 18.4 Å². The Kier molecular flexibility index (Phi) is 4.31. The second-order valence-electron chi connectivity index (χ2n) is 4.85. The van der Waals surface area contributed by atoms with E-state index in [4.69, 9.17) is 0 Å². The van der Waals surface area contributed by atoms with Gasteiger partial charge < -0.3 is 10.6 Å². The first-order valence-electron chi connectivity index (χ1n) is 6.40. The highest BCUT2D eigenvalue weighted by molar-refractivity contribution is 5.76. The molecule has 0 bridgehead atoms. The average Bonchev–Trinajstić information content (AvgIpc) is 3.13. The van der Waals surface area contributed by atoms with Gasteiger partial charge in [-0.2, -0.15) is 0 Å². The summed E-state index contributed by atoms with van der Waals surface area (Å²) < 4.78 is 13.3. The van der Waals surface area contributed by atoms with Gasteiger partial charge in [0.15, 0.2) is 0 Å². The molecule has 0 spiro atoms. The number of hydrogen-bond acceptors (Lipinski definition) is 2. The summed E-state index contributed by atoms with van der Waals surface area (Å²) in [7, 11) is 0. The molecule has 4 heteroatoms. The van der Waals surface area contributed by atoms with Crippen molar-refractivity contribution in [1.82, 2.24) is 10.6 Å². The lowest BCUT2D eigenvalue weighted by Gasteiger charge is -2.06. The van der Waals surface area contributed by atoms with Crippen LogP contribution >= 0.6 is 0 Å². The zero-order chi connectivity index (χ0) is 13.0. The zero-order valence-electron chi connectivity index (χ0n) is 10.6. The molecular weight excluding hydrogens is 231 g/mol. The smallest absolute Gasteiger partial charge is 0.221 e. The Hall–Kier alpha value is -1.42. The first-order chi connectivity index (χ1) is 8.65. The molecule has 1 amide bonds. The van der Waals surface area contributed by atoms with Crippen molar-refractivity contribution in [3.05, 3.63) is 35.1 Å². The topological polar surface area (TPSA) is 41.1 Å². The van der Waals surface area contributed by atoms with E-state index >= 15 is 0 Å². The molecule has 0 atom stereocenters. The van der Waals surface area contributed by atoms with Crippen molar-refractivity contribution in [3.8, 4) is 0 Å². The van der Waals surface area contributed by atoms with Crippen LogP contribution in [0.1, 0.15) is 30.4 Å². The second-order valence-corrected chi connectivity index (χ2v) is 4.85. The molecule has 18 heavy (non-hydrogen) atoms. The molecule has 2 N–H and O–H groups in total. The molecule has 0 aromatic heterocycles. The van der Waals surface area contributed by atoms with Crippen LogP contribution in [0.4, 0.5) is 4.39 Å². The summed E-state index contributed by atoms with van der Waals surface area (Å²) in [6, 6.07) is 5.62. The highest BCUT2D eigenvalue weighted by Gasteiger charge is 2.22. The van der Waals surface area contributed by atoms with Crippen LogP contribution in [0.3, 0.4) is 0 Å². The minimum absolute atomic E-state index is 0.0973. The number of hydrogen-bond donors (Lipinski definition) is 2. The molecular formula is C14H19FN2O. The monoisotopic (exact) mass is 250 g/mol. The molecule has 1 aromatic rings. The molecule has 0 heterocycles. The maximum Gasteiger partial charge on any atom is 0.221 e. The Morgan fingerprint density at radius 3 is 2.89 bits per heavy atom. The molecule has 3 nitrogen and oxygen atoms in total. The number of carbonyl (C=O) groups excluding carboxylic acids is 1. The van der Waals surface area contributed by atoms with E-state index in [1.54, 1.807) is 13.0 Å². The summed E-state index contributed by atoms with van der Waals surface area (Å²) >= 11 is 0. The number of halogens is 1. The third kappa shape index (κ3) is 4.11. The third-order valence-electron chi connectivity index (χ3n) is 3.04. The summed E-state index contributed by atoms with van der Waals surface area (Å²) in [6.07, 6.45) is 2.70. The van der Waals surface area contributed by atoms with Crippen LogP contribution in [0.25, 0.3) is 0 Å². The van der Waals surface area contributed by atoms with Gasteiger partial charge in [-0.1, -0.05) is 12.1 Å². The van der Waals surface area contributed by atoms with Crippen LogP contribution in [0.5, 0.6) is 0 Å². The summed E-state index contributed by atoms with van der Waals surface area (Å²) in [6.45, 7) is 2.96. The van der Waals surface area contributed by atoms with E-state index in [1.165, 1.54) is 6.07 Å². The van der Waals surface area contributed by atoms with Gasteiger partial charge in [0.1, 0.15) is 5.82 Å². The number of aryl methyl sites for hydroxylation is 1. The van der Waals surface area contributed by atoms with Gasteiger partial charge >= 0.3 is 0 Å². The molecule has 98 valence electrons. The summed E-state index contributed by atoms with van der Waals surface area (Å²) in [5.74, 6) is -0.0825. The van der Waals surface area contributed by atoms with Crippen LogP contribution in [-0.2, 0) is 11.3 Å². The fraction of sp³-hybridized carbons (Fsp3) is 0.500. The quantitative estimate of drug-likeness (QED) is 0.757. The van der Waals surface area contributed by atoms with Gasteiger partial charge in [-0.3, -0.25) is 4.79 Å². The van der Waals surface area contributed by atoms with E-state index in [-0.39, 0.29) is 11.7 Å². The number of nitrogens with one attached hydrogen (secondary N) is 2. The number of amides is 1. The highest BCUT2D eigenvalue weighted by atomic mass is 19.1. The van der Waals surface area contributed by atoms with Gasteiger partial charge in [0.25, 0.3) is 0 Å². The molecule has 1 aliphatic carbocycles. The fourth-order valence-electron chi connectivity index (χ4n) is 1.71. The van der Waals surface area contributed by atoms with E-state index in [1.807, 2.05) is 6.07 Å². The van der Waals surface area contributed by atoms with Crippen LogP contribution in [0.2, 0.25) is 0 Å². The fourth-order valence-corrected chi connectivity index (χ4v) is 1.71. The molecule has 2 rings (SSSR count). The van der Waals surface area contributed by atoms with Crippen molar-refractivity contribution in [2.45, 2.75) is 38.8 Å². The van der Waals surface area contributed by atoms with E-state index in [2.05, 4.69) is 10.6 Å². The second kappa shape index (κ2) is 5.96. The molecule has 0 aliphatic heterocycles. The Labute approximate surface area is 107 Å². The van der Waals surface area contributed by atoms with E-state index < -0.39 is 0 Å². The van der Waals surface area contributed by atoms with Gasteiger partial charge in [-0.15, -0.1) is 0 Å². The van der Waals surface area contributed by atoms with Gasteiger partial charge in [0, 0.05) is 25.6 Å². The zero-order valence-corrected chi connectivity index (χ0v) is 10.6. The van der Waals surface area contributed by atoms with Crippen LogP contribution < -0.4 is 10.6 Å². The van der Waals surface area contributed by atoms with Crippen LogP contribution in [0.15, 0.2) is 18.2 Å². The maximum absolute atomic E-state index is 13.3. The van der Waals surface area contributed by atoms with Crippen molar-refractivity contribution in [2.75, 3.05) is 6.54 Å². The molecule has 0 saturated heterocycles. The predicted molar refractivity (Wildman–Crippen MR) is 68.6 cm³/mol. The van der Waals surface area contributed by atoms with Gasteiger partial charge in [-0.25, -0.2) is 4.39 Å². The molecule has 1 aliphatic rings. The SMILES string of the molecule is Cc1ccc(CNCCC(=O)NC2CC2)cc1F. The van der Waals surface area contributed by atoms with Crippen molar-refractivity contribution in [3.63, 3.8) is 0 Å². The minimum atomic E-state index is -0.180. The van der Waals surface area contributed by atoms with Gasteiger partial charge in [0.05, 0.1) is 0 Å². The number of benzene rings is 1. The lowest BCUT2D eigenvalue weighted by atomic mass is 10.1. The lowest BCUT2D eigenvalue weighted by Crippen LogP contribution is -2.29. The normalized spacial score (nSPS) is 14.6. The summed E-state index contributed by atoms with van der Waals surface area (Å²) in [4.78, 5) is 11.4. The summed E-state index contributed by atoms with van der Waals surface area (Å²) in [5.41, 5.74) is 1.56. The van der Waals surface area contributed by atoms with Crippen LogP contribution in [-0.4, -0.2) is 18.5 Å². The van der Waals surface area contributed by atoms with E-state index in [9.17, 15) is 9.18 Å². The maximum atomic E-state index is 13.3. The third-order valence-corrected chi connectivity index (χ3v) is 3.04. The standard InChI is InChI=1S/C14H19FN2O/c1-10-2-3-11(8-13(10)15)9-16-7-6-14(18)17-12-4-5-12/h2-3,8,12,16H,4-7,9H2,1H3,(H,17,18). The van der Waals surface area contributed by atoms with Crippen molar-refractivity contribution in [1.29, 1.82) is 0 Å².